The van der Waals surface area contributed by atoms with Gasteiger partial charge in [-0.1, -0.05) is 19.9 Å². The van der Waals surface area contributed by atoms with Crippen molar-refractivity contribution >= 4 is 40.0 Å². The second-order valence-corrected chi connectivity index (χ2v) is 9.05. The van der Waals surface area contributed by atoms with Gasteiger partial charge in [-0.05, 0) is 66.2 Å². The van der Waals surface area contributed by atoms with Crippen molar-refractivity contribution in [1.29, 1.82) is 0 Å². The monoisotopic (exact) mass is 535 g/mol. The van der Waals surface area contributed by atoms with E-state index in [1.807, 2.05) is 24.3 Å². The summed E-state index contributed by atoms with van der Waals surface area (Å²) < 4.78 is 27.4. The lowest BCUT2D eigenvalue weighted by molar-refractivity contribution is 0.0977. The minimum atomic E-state index is -0.461. The van der Waals surface area contributed by atoms with E-state index < -0.39 is 5.91 Å². The summed E-state index contributed by atoms with van der Waals surface area (Å²) in [6.07, 6.45) is 0. The van der Waals surface area contributed by atoms with Gasteiger partial charge in [-0.2, -0.15) is 0 Å². The van der Waals surface area contributed by atoms with Crippen molar-refractivity contribution < 1.29 is 28.2 Å². The van der Waals surface area contributed by atoms with E-state index in [2.05, 4.69) is 29.5 Å². The number of hydrogen-bond acceptors (Lipinski definition) is 8. The molecular formula is C28H29N3O6S. The zero-order valence-electron chi connectivity index (χ0n) is 22.0. The van der Waals surface area contributed by atoms with Crippen LogP contribution in [0.2, 0.25) is 0 Å². The summed E-state index contributed by atoms with van der Waals surface area (Å²) in [6.45, 7) is 4.26. The van der Waals surface area contributed by atoms with Crippen LogP contribution in [-0.4, -0.2) is 44.4 Å². The lowest BCUT2D eigenvalue weighted by Gasteiger charge is -2.15. The summed E-state index contributed by atoms with van der Waals surface area (Å²) in [7, 11) is 5.99. The lowest BCUT2D eigenvalue weighted by Crippen LogP contribution is -2.34. The molecule has 198 valence electrons. The number of thiocarbonyl (C=S) groups is 1. The van der Waals surface area contributed by atoms with E-state index >= 15 is 0 Å². The lowest BCUT2D eigenvalue weighted by atomic mass is 10.0. The second-order valence-electron chi connectivity index (χ2n) is 8.64. The number of nitrogens with zero attached hydrogens (tertiary/aromatic N) is 1. The molecule has 3 aromatic carbocycles. The number of carbonyl (C=O) groups excluding carboxylic acids is 1. The molecule has 38 heavy (non-hydrogen) atoms. The Morgan fingerprint density at radius 3 is 2.18 bits per heavy atom. The highest BCUT2D eigenvalue weighted by Crippen LogP contribution is 2.38. The number of benzene rings is 3. The van der Waals surface area contributed by atoms with Crippen LogP contribution in [0.1, 0.15) is 35.7 Å². The molecule has 0 radical (unpaired) electrons. The third-order valence-electron chi connectivity index (χ3n) is 5.93. The van der Waals surface area contributed by atoms with Crippen LogP contribution in [0.5, 0.6) is 23.0 Å². The van der Waals surface area contributed by atoms with E-state index in [9.17, 15) is 4.79 Å². The Morgan fingerprint density at radius 1 is 0.895 bits per heavy atom. The maximum absolute atomic E-state index is 13.0. The second kappa shape index (κ2) is 11.4. The van der Waals surface area contributed by atoms with Gasteiger partial charge < -0.3 is 28.7 Å². The van der Waals surface area contributed by atoms with Gasteiger partial charge in [0.2, 0.25) is 11.6 Å². The molecule has 9 nitrogen and oxygen atoms in total. The minimum absolute atomic E-state index is 0.0679. The van der Waals surface area contributed by atoms with E-state index in [1.165, 1.54) is 26.9 Å². The number of carbonyl (C=O) groups is 1. The van der Waals surface area contributed by atoms with Crippen LogP contribution in [0.4, 0.5) is 5.69 Å². The molecule has 0 aliphatic heterocycles. The van der Waals surface area contributed by atoms with Crippen molar-refractivity contribution in [2.45, 2.75) is 19.8 Å². The van der Waals surface area contributed by atoms with Gasteiger partial charge in [-0.25, -0.2) is 4.98 Å². The molecule has 0 saturated heterocycles. The van der Waals surface area contributed by atoms with Crippen molar-refractivity contribution in [3.05, 3.63) is 59.7 Å². The molecule has 0 unspecified atom stereocenters. The Balaban J connectivity index is 1.56. The zero-order chi connectivity index (χ0) is 27.4. The highest BCUT2D eigenvalue weighted by molar-refractivity contribution is 7.80. The topological polar surface area (TPSA) is 104 Å². The number of oxazole rings is 1. The van der Waals surface area contributed by atoms with Crippen LogP contribution >= 0.6 is 12.2 Å². The predicted octanol–water partition coefficient (Wildman–Crippen LogP) is 5.78. The van der Waals surface area contributed by atoms with Gasteiger partial charge in [-0.3, -0.25) is 10.1 Å². The fraction of sp³-hybridized carbons (Fsp3) is 0.250. The van der Waals surface area contributed by atoms with Gasteiger partial charge in [0.05, 0.1) is 34.1 Å². The molecule has 0 bridgehead atoms. The zero-order valence-corrected chi connectivity index (χ0v) is 22.8. The molecule has 2 N–H and O–H groups in total. The van der Waals surface area contributed by atoms with Gasteiger partial charge in [-0.15, -0.1) is 0 Å². The van der Waals surface area contributed by atoms with Gasteiger partial charge in [0.15, 0.2) is 22.2 Å². The Hall–Kier alpha value is -4.31. The molecule has 0 spiro atoms. The van der Waals surface area contributed by atoms with Gasteiger partial charge in [0.1, 0.15) is 11.3 Å². The fourth-order valence-electron chi connectivity index (χ4n) is 3.91. The number of rotatable bonds is 8. The highest BCUT2D eigenvalue weighted by Gasteiger charge is 2.19. The van der Waals surface area contributed by atoms with E-state index in [4.69, 9.17) is 35.6 Å². The van der Waals surface area contributed by atoms with Crippen molar-refractivity contribution in [3.8, 4) is 34.5 Å². The highest BCUT2D eigenvalue weighted by atomic mass is 32.1. The van der Waals surface area contributed by atoms with E-state index in [1.54, 1.807) is 31.4 Å². The normalized spacial score (nSPS) is 10.8. The van der Waals surface area contributed by atoms with Crippen LogP contribution in [0.25, 0.3) is 22.6 Å². The first-order chi connectivity index (χ1) is 18.3. The maximum Gasteiger partial charge on any atom is 0.257 e. The van der Waals surface area contributed by atoms with Crippen LogP contribution in [0, 0.1) is 0 Å². The number of fused-ring (bicyclic) bond motifs is 1. The van der Waals surface area contributed by atoms with Crippen molar-refractivity contribution in [2.75, 3.05) is 33.8 Å². The van der Waals surface area contributed by atoms with E-state index in [0.29, 0.717) is 51.6 Å². The number of aromatic nitrogens is 1. The number of hydrogen-bond donors (Lipinski definition) is 2. The number of amides is 1. The predicted molar refractivity (Wildman–Crippen MR) is 150 cm³/mol. The maximum atomic E-state index is 13.0. The Morgan fingerprint density at radius 2 is 1.58 bits per heavy atom. The smallest absolute Gasteiger partial charge is 0.257 e. The van der Waals surface area contributed by atoms with Crippen molar-refractivity contribution in [2.24, 2.45) is 0 Å². The largest absolute Gasteiger partial charge is 0.495 e. The fourth-order valence-corrected chi connectivity index (χ4v) is 4.11. The average Bonchev–Trinajstić information content (AvgIpc) is 3.35. The third kappa shape index (κ3) is 5.50. The summed E-state index contributed by atoms with van der Waals surface area (Å²) in [5.41, 5.74) is 4.19. The van der Waals surface area contributed by atoms with E-state index in [0.717, 1.165) is 5.52 Å². The SMILES string of the molecule is COc1ccc(-c2nc3cc(C(C)C)ccc3o2)cc1NC(=S)NC(=O)c1cc(OC)c(OC)c(OC)c1. The molecule has 0 aliphatic rings. The van der Waals surface area contributed by atoms with Gasteiger partial charge in [0.25, 0.3) is 5.91 Å². The molecule has 0 saturated carbocycles. The molecule has 1 aromatic heterocycles. The summed E-state index contributed by atoms with van der Waals surface area (Å²) >= 11 is 5.42. The van der Waals surface area contributed by atoms with Crippen molar-refractivity contribution in [3.63, 3.8) is 0 Å². The molecule has 10 heteroatoms. The standard InChI is InChI=1S/C28H29N3O6S/c1-15(2)16-7-10-22-20(11-16)29-27(37-22)17-8-9-21(33-3)19(12-17)30-28(38)31-26(32)18-13-23(34-4)25(36-6)24(14-18)35-5/h7-15H,1-6H3,(H2,30,31,32,38). The summed E-state index contributed by atoms with van der Waals surface area (Å²) in [6, 6.07) is 14.5. The van der Waals surface area contributed by atoms with Crippen LogP contribution in [0.3, 0.4) is 0 Å². The molecule has 1 heterocycles. The van der Waals surface area contributed by atoms with Crippen molar-refractivity contribution in [1.82, 2.24) is 10.3 Å². The Labute approximate surface area is 226 Å². The van der Waals surface area contributed by atoms with Crippen LogP contribution < -0.4 is 29.6 Å². The number of ether oxygens (including phenoxy) is 4. The number of methoxy groups -OCH3 is 4. The summed E-state index contributed by atoms with van der Waals surface area (Å²) in [4.78, 5) is 17.6. The minimum Gasteiger partial charge on any atom is -0.495 e. The number of anilines is 1. The molecular weight excluding hydrogens is 506 g/mol. The molecule has 4 rings (SSSR count). The first-order valence-electron chi connectivity index (χ1n) is 11.8. The van der Waals surface area contributed by atoms with E-state index in [-0.39, 0.29) is 10.7 Å². The van der Waals surface area contributed by atoms with Crippen LogP contribution in [0.15, 0.2) is 52.9 Å². The summed E-state index contributed by atoms with van der Waals surface area (Å²) in [5, 5.41) is 5.76. The summed E-state index contributed by atoms with van der Waals surface area (Å²) in [5.74, 6) is 1.99. The van der Waals surface area contributed by atoms with Crippen LogP contribution in [-0.2, 0) is 0 Å². The molecule has 0 fully saturated rings. The molecule has 4 aromatic rings. The molecule has 0 atom stereocenters. The average molecular weight is 536 g/mol. The first kappa shape index (κ1) is 26.7. The quantitative estimate of drug-likeness (QED) is 0.272. The number of nitrogens with one attached hydrogen (secondary N) is 2. The van der Waals surface area contributed by atoms with Gasteiger partial charge >= 0.3 is 0 Å². The Kier molecular flexibility index (Phi) is 8.02. The first-order valence-corrected chi connectivity index (χ1v) is 12.2. The Bertz CT molecular complexity index is 1470. The molecule has 0 aliphatic carbocycles. The molecule has 1 amide bonds. The van der Waals surface area contributed by atoms with Gasteiger partial charge in [0, 0.05) is 11.1 Å². The third-order valence-corrected chi connectivity index (χ3v) is 6.13.